The molecule has 0 aromatic carbocycles. The second-order valence-corrected chi connectivity index (χ2v) is 5.65. The summed E-state index contributed by atoms with van der Waals surface area (Å²) in [5, 5.41) is 2.61. The summed E-state index contributed by atoms with van der Waals surface area (Å²) in [5.74, 6) is -2.68. The second-order valence-electron chi connectivity index (χ2n) is 5.65. The van der Waals surface area contributed by atoms with Crippen LogP contribution in [0.1, 0.15) is 46.0 Å². The van der Waals surface area contributed by atoms with E-state index < -0.39 is 18.9 Å². The molecule has 1 aliphatic rings. The minimum atomic E-state index is -3.91. The third kappa shape index (κ3) is 4.75. The predicted molar refractivity (Wildman–Crippen MR) is 64.2 cm³/mol. The maximum atomic E-state index is 12.8. The van der Waals surface area contributed by atoms with E-state index in [-0.39, 0.29) is 6.04 Å². The lowest BCUT2D eigenvalue weighted by atomic mass is 9.89. The van der Waals surface area contributed by atoms with Gasteiger partial charge in [-0.05, 0) is 31.1 Å². The van der Waals surface area contributed by atoms with Crippen molar-refractivity contribution in [3.63, 3.8) is 0 Å². The Morgan fingerprint density at radius 3 is 2.33 bits per heavy atom. The summed E-state index contributed by atoms with van der Waals surface area (Å²) in [6.45, 7) is 3.43. The molecule has 2 unspecified atom stereocenters. The Morgan fingerprint density at radius 1 is 1.11 bits per heavy atom. The van der Waals surface area contributed by atoms with Gasteiger partial charge < -0.3 is 5.32 Å². The molecule has 0 heterocycles. The van der Waals surface area contributed by atoms with E-state index in [0.717, 1.165) is 32.1 Å². The van der Waals surface area contributed by atoms with Crippen molar-refractivity contribution in [3.05, 3.63) is 0 Å². The van der Waals surface area contributed by atoms with Gasteiger partial charge >= 0.3 is 12.3 Å². The Bertz CT molecular complexity index is 243. The Morgan fingerprint density at radius 2 is 1.78 bits per heavy atom. The lowest BCUT2D eigenvalue weighted by Crippen LogP contribution is -2.43. The van der Waals surface area contributed by atoms with E-state index in [0.29, 0.717) is 11.8 Å². The van der Waals surface area contributed by atoms with Crippen LogP contribution in [-0.2, 0) is 0 Å². The first-order valence-corrected chi connectivity index (χ1v) is 6.72. The zero-order valence-electron chi connectivity index (χ0n) is 11.1. The minimum absolute atomic E-state index is 0.0432. The second kappa shape index (κ2) is 6.73. The highest BCUT2D eigenvalue weighted by atomic mass is 19.3. The van der Waals surface area contributed by atoms with Crippen LogP contribution >= 0.6 is 0 Å². The summed E-state index contributed by atoms with van der Waals surface area (Å²) in [4.78, 5) is 0. The number of hydrogen-bond acceptors (Lipinski definition) is 1. The molecule has 0 aliphatic heterocycles. The quantitative estimate of drug-likeness (QED) is 0.585. The van der Waals surface area contributed by atoms with Crippen molar-refractivity contribution in [2.45, 2.75) is 64.3 Å². The highest BCUT2D eigenvalue weighted by Crippen LogP contribution is 2.29. The molecule has 2 atom stereocenters. The smallest absolute Gasteiger partial charge is 0.308 e. The van der Waals surface area contributed by atoms with Gasteiger partial charge in [-0.3, -0.25) is 0 Å². The van der Waals surface area contributed by atoms with E-state index in [1.807, 2.05) is 0 Å². The zero-order chi connectivity index (χ0) is 13.8. The maximum Gasteiger partial charge on any atom is 0.319 e. The lowest BCUT2D eigenvalue weighted by Gasteiger charge is -2.22. The number of rotatable bonds is 5. The molecule has 1 aliphatic carbocycles. The summed E-state index contributed by atoms with van der Waals surface area (Å²) in [6.07, 6.45) is 1.13. The van der Waals surface area contributed by atoms with Gasteiger partial charge in [0.15, 0.2) is 0 Å². The first-order chi connectivity index (χ1) is 8.33. The third-order valence-electron chi connectivity index (χ3n) is 3.90. The number of hydrogen-bond donors (Lipinski definition) is 1. The van der Waals surface area contributed by atoms with Crippen LogP contribution in [0, 0.1) is 11.8 Å². The number of nitrogens with one attached hydrogen (secondary N) is 1. The first-order valence-electron chi connectivity index (χ1n) is 6.72. The van der Waals surface area contributed by atoms with E-state index in [9.17, 15) is 17.6 Å². The Balaban J connectivity index is 2.36. The van der Waals surface area contributed by atoms with Gasteiger partial charge in [0.1, 0.15) is 0 Å². The van der Waals surface area contributed by atoms with Gasteiger partial charge in [-0.2, -0.15) is 8.78 Å². The molecule has 0 radical (unpaired) electrons. The van der Waals surface area contributed by atoms with Crippen molar-refractivity contribution < 1.29 is 17.6 Å². The molecule has 0 bridgehead atoms. The molecule has 108 valence electrons. The van der Waals surface area contributed by atoms with E-state index in [4.69, 9.17) is 0 Å². The first kappa shape index (κ1) is 15.7. The Labute approximate surface area is 106 Å². The molecule has 1 saturated carbocycles. The summed E-state index contributed by atoms with van der Waals surface area (Å²) >= 11 is 0. The van der Waals surface area contributed by atoms with Gasteiger partial charge in [-0.25, -0.2) is 8.78 Å². The van der Waals surface area contributed by atoms with Gasteiger partial charge in [-0.1, -0.05) is 26.7 Å². The third-order valence-corrected chi connectivity index (χ3v) is 3.90. The van der Waals surface area contributed by atoms with Crippen LogP contribution in [0.4, 0.5) is 17.6 Å². The minimum Gasteiger partial charge on any atom is -0.308 e. The van der Waals surface area contributed by atoms with Crippen LogP contribution < -0.4 is 5.32 Å². The molecule has 1 nitrogen and oxygen atoms in total. The molecule has 5 heteroatoms. The SMILES string of the molecule is CC(C)C1CCCC(NCC(F)(F)C(F)F)CC1. The van der Waals surface area contributed by atoms with Crippen molar-refractivity contribution in [2.24, 2.45) is 11.8 Å². The predicted octanol–water partition coefficient (Wildman–Crippen LogP) is 4.08. The van der Waals surface area contributed by atoms with Gasteiger partial charge in [0, 0.05) is 6.04 Å². The van der Waals surface area contributed by atoms with Crippen molar-refractivity contribution in [3.8, 4) is 0 Å². The van der Waals surface area contributed by atoms with E-state index in [2.05, 4.69) is 19.2 Å². The molecular formula is C13H23F4N. The van der Waals surface area contributed by atoms with Gasteiger partial charge in [-0.15, -0.1) is 0 Å². The molecule has 0 aromatic heterocycles. The summed E-state index contributed by atoms with van der Waals surface area (Å²) in [5.41, 5.74) is 0. The molecule has 18 heavy (non-hydrogen) atoms. The van der Waals surface area contributed by atoms with E-state index in [1.165, 1.54) is 0 Å². The van der Waals surface area contributed by atoms with Crippen molar-refractivity contribution in [2.75, 3.05) is 6.54 Å². The molecule has 0 aromatic rings. The molecule has 1 N–H and O–H groups in total. The van der Waals surface area contributed by atoms with E-state index >= 15 is 0 Å². The van der Waals surface area contributed by atoms with Gasteiger partial charge in [0.05, 0.1) is 6.54 Å². The molecular weight excluding hydrogens is 246 g/mol. The average molecular weight is 269 g/mol. The molecule has 0 saturated heterocycles. The topological polar surface area (TPSA) is 12.0 Å². The van der Waals surface area contributed by atoms with Crippen LogP contribution in [-0.4, -0.2) is 24.9 Å². The number of alkyl halides is 4. The molecule has 1 rings (SSSR count). The van der Waals surface area contributed by atoms with Crippen molar-refractivity contribution >= 4 is 0 Å². The largest absolute Gasteiger partial charge is 0.319 e. The van der Waals surface area contributed by atoms with Crippen molar-refractivity contribution in [1.29, 1.82) is 0 Å². The fourth-order valence-electron chi connectivity index (χ4n) is 2.56. The van der Waals surface area contributed by atoms with Crippen molar-refractivity contribution in [1.82, 2.24) is 5.32 Å². The highest BCUT2D eigenvalue weighted by molar-refractivity contribution is 4.80. The van der Waals surface area contributed by atoms with Crippen LogP contribution in [0.15, 0.2) is 0 Å². The van der Waals surface area contributed by atoms with Gasteiger partial charge in [0.25, 0.3) is 0 Å². The average Bonchev–Trinajstić information content (AvgIpc) is 2.51. The Hall–Kier alpha value is -0.320. The highest BCUT2D eigenvalue weighted by Gasteiger charge is 2.40. The lowest BCUT2D eigenvalue weighted by molar-refractivity contribution is -0.126. The van der Waals surface area contributed by atoms with Gasteiger partial charge in [0.2, 0.25) is 0 Å². The van der Waals surface area contributed by atoms with Crippen LogP contribution in [0.2, 0.25) is 0 Å². The van der Waals surface area contributed by atoms with Crippen LogP contribution in [0.25, 0.3) is 0 Å². The number of halogens is 4. The van der Waals surface area contributed by atoms with E-state index in [1.54, 1.807) is 0 Å². The summed E-state index contributed by atoms with van der Waals surface area (Å²) in [7, 11) is 0. The molecule has 0 spiro atoms. The normalized spacial score (nSPS) is 26.7. The standard InChI is InChI=1S/C13H23F4N/c1-9(2)10-4-3-5-11(7-6-10)18-8-13(16,17)12(14)15/h9-12,18H,3-8H2,1-2H3. The zero-order valence-corrected chi connectivity index (χ0v) is 11.1. The van der Waals surface area contributed by atoms with Crippen LogP contribution in [0.5, 0.6) is 0 Å². The summed E-state index contributed by atoms with van der Waals surface area (Å²) < 4.78 is 49.6. The fourth-order valence-corrected chi connectivity index (χ4v) is 2.56. The molecule has 1 fully saturated rings. The fraction of sp³-hybridized carbons (Fsp3) is 1.00. The maximum absolute atomic E-state index is 12.8. The molecule has 0 amide bonds. The summed E-state index contributed by atoms with van der Waals surface area (Å²) in [6, 6.07) is -0.0432. The monoisotopic (exact) mass is 269 g/mol. The Kier molecular flexibility index (Phi) is 5.89. The van der Waals surface area contributed by atoms with Crippen LogP contribution in [0.3, 0.4) is 0 Å².